The number of nitrogens with one attached hydrogen (secondary N) is 1. The van der Waals surface area contributed by atoms with Crippen molar-refractivity contribution in [2.45, 2.75) is 40.0 Å². The summed E-state index contributed by atoms with van der Waals surface area (Å²) < 4.78 is 1.76. The smallest absolute Gasteiger partial charge is 0.267 e. The summed E-state index contributed by atoms with van der Waals surface area (Å²) in [5.41, 5.74) is 5.82. The summed E-state index contributed by atoms with van der Waals surface area (Å²) in [7, 11) is 0. The second-order valence-corrected chi connectivity index (χ2v) is 7.99. The van der Waals surface area contributed by atoms with Crippen LogP contribution in [-0.4, -0.2) is 21.4 Å². The van der Waals surface area contributed by atoms with Crippen LogP contribution in [0.15, 0.2) is 47.8 Å². The molecule has 130 valence electrons. The second kappa shape index (κ2) is 5.55. The van der Waals surface area contributed by atoms with Crippen LogP contribution in [0, 0.1) is 16.7 Å². The fraction of sp³-hybridized carbons (Fsp3) is 0.450. The van der Waals surface area contributed by atoms with E-state index in [4.69, 9.17) is 0 Å². The van der Waals surface area contributed by atoms with Gasteiger partial charge in [-0.2, -0.15) is 10.2 Å². The number of benzene rings is 1. The summed E-state index contributed by atoms with van der Waals surface area (Å²) in [6.45, 7) is 6.97. The van der Waals surface area contributed by atoms with E-state index in [9.17, 15) is 4.79 Å². The molecule has 0 spiro atoms. The second-order valence-electron chi connectivity index (χ2n) is 7.99. The maximum atomic E-state index is 12.4. The highest BCUT2D eigenvalue weighted by molar-refractivity contribution is 5.98. The van der Waals surface area contributed by atoms with Crippen molar-refractivity contribution in [3.63, 3.8) is 0 Å². The first-order chi connectivity index (χ1) is 11.9. The molecule has 1 aromatic carbocycles. The fourth-order valence-corrected chi connectivity index (χ4v) is 4.47. The Morgan fingerprint density at radius 3 is 2.60 bits per heavy atom. The van der Waals surface area contributed by atoms with Crippen molar-refractivity contribution in [1.29, 1.82) is 0 Å². The van der Waals surface area contributed by atoms with E-state index >= 15 is 0 Å². The van der Waals surface area contributed by atoms with Crippen LogP contribution in [-0.2, 0) is 0 Å². The number of nitrogens with zero attached hydrogens (tertiary/aromatic N) is 3. The van der Waals surface area contributed by atoms with Gasteiger partial charge in [-0.15, -0.1) is 0 Å². The molecule has 2 bridgehead atoms. The Hall–Kier alpha value is -2.43. The monoisotopic (exact) mass is 336 g/mol. The third-order valence-corrected chi connectivity index (χ3v) is 6.70. The Labute approximate surface area is 148 Å². The first kappa shape index (κ1) is 16.1. The Morgan fingerprint density at radius 1 is 1.28 bits per heavy atom. The fourth-order valence-electron chi connectivity index (χ4n) is 4.47. The van der Waals surface area contributed by atoms with Gasteiger partial charge in [0.15, 0.2) is 0 Å². The molecular weight excluding hydrogens is 312 g/mol. The number of hydrogen-bond donors (Lipinski definition) is 1. The zero-order valence-electron chi connectivity index (χ0n) is 15.0. The van der Waals surface area contributed by atoms with Gasteiger partial charge in [0, 0.05) is 29.1 Å². The van der Waals surface area contributed by atoms with E-state index in [0.717, 1.165) is 24.2 Å². The summed E-state index contributed by atoms with van der Waals surface area (Å²) >= 11 is 0. The highest BCUT2D eigenvalue weighted by Gasteiger charge is 2.60. The minimum atomic E-state index is -0.163. The lowest BCUT2D eigenvalue weighted by atomic mass is 9.70. The van der Waals surface area contributed by atoms with Crippen LogP contribution < -0.4 is 5.43 Å². The Balaban J connectivity index is 1.48. The number of carbonyl (C=O) groups excluding carboxylic acids is 1. The van der Waals surface area contributed by atoms with E-state index in [1.165, 1.54) is 6.42 Å². The molecule has 1 aromatic heterocycles. The number of carbonyl (C=O) groups is 1. The summed E-state index contributed by atoms with van der Waals surface area (Å²) in [4.78, 5) is 12.4. The number of hydrogen-bond acceptors (Lipinski definition) is 3. The van der Waals surface area contributed by atoms with Crippen LogP contribution in [0.2, 0.25) is 0 Å². The van der Waals surface area contributed by atoms with Gasteiger partial charge in [0.1, 0.15) is 0 Å². The number of fused-ring (bicyclic) bond motifs is 2. The van der Waals surface area contributed by atoms with E-state index in [-0.39, 0.29) is 16.7 Å². The molecule has 5 nitrogen and oxygen atoms in total. The minimum absolute atomic E-state index is 0.106. The van der Waals surface area contributed by atoms with Crippen molar-refractivity contribution in [2.24, 2.45) is 21.8 Å². The molecule has 25 heavy (non-hydrogen) atoms. The van der Waals surface area contributed by atoms with Gasteiger partial charge >= 0.3 is 0 Å². The number of amides is 1. The van der Waals surface area contributed by atoms with Gasteiger partial charge in [0.2, 0.25) is 0 Å². The molecule has 4 rings (SSSR count). The maximum Gasteiger partial charge on any atom is 0.271 e. The molecule has 0 unspecified atom stereocenters. The normalized spacial score (nSPS) is 28.4. The van der Waals surface area contributed by atoms with Gasteiger partial charge in [0.05, 0.1) is 5.69 Å². The van der Waals surface area contributed by atoms with Crippen LogP contribution in [0.25, 0.3) is 5.69 Å². The van der Waals surface area contributed by atoms with Crippen LogP contribution in [0.3, 0.4) is 0 Å². The summed E-state index contributed by atoms with van der Waals surface area (Å²) in [5, 5.41) is 8.71. The van der Waals surface area contributed by atoms with E-state index in [2.05, 4.69) is 36.4 Å². The van der Waals surface area contributed by atoms with Crippen LogP contribution in [0.4, 0.5) is 0 Å². The van der Waals surface area contributed by atoms with Crippen LogP contribution in [0.5, 0.6) is 0 Å². The molecule has 2 atom stereocenters. The molecule has 1 N–H and O–H groups in total. The molecule has 2 aliphatic carbocycles. The first-order valence-corrected chi connectivity index (χ1v) is 8.89. The predicted octanol–water partition coefficient (Wildman–Crippen LogP) is 3.80. The zero-order valence-corrected chi connectivity index (χ0v) is 15.0. The van der Waals surface area contributed by atoms with Crippen molar-refractivity contribution in [3.05, 3.63) is 48.3 Å². The van der Waals surface area contributed by atoms with E-state index in [1.807, 2.05) is 24.4 Å². The van der Waals surface area contributed by atoms with Gasteiger partial charge in [0.25, 0.3) is 5.91 Å². The van der Waals surface area contributed by atoms with E-state index in [1.54, 1.807) is 23.0 Å². The van der Waals surface area contributed by atoms with Gasteiger partial charge in [-0.3, -0.25) is 4.79 Å². The van der Waals surface area contributed by atoms with Crippen molar-refractivity contribution < 1.29 is 4.79 Å². The third kappa shape index (κ3) is 2.41. The summed E-state index contributed by atoms with van der Waals surface area (Å²) in [6.07, 6.45) is 7.04. The van der Waals surface area contributed by atoms with E-state index < -0.39 is 0 Å². The molecule has 0 aliphatic heterocycles. The summed E-state index contributed by atoms with van der Waals surface area (Å²) in [5.74, 6) is 0.519. The molecule has 2 saturated carbocycles. The molecule has 2 aromatic rings. The molecular formula is C20H24N4O. The number of aromatic nitrogens is 2. The summed E-state index contributed by atoms with van der Waals surface area (Å²) in [6, 6.07) is 9.25. The topological polar surface area (TPSA) is 59.3 Å². The van der Waals surface area contributed by atoms with Crippen molar-refractivity contribution in [1.82, 2.24) is 15.2 Å². The van der Waals surface area contributed by atoms with Crippen LogP contribution >= 0.6 is 0 Å². The van der Waals surface area contributed by atoms with Gasteiger partial charge in [-0.05, 0) is 60.9 Å². The lowest BCUT2D eigenvalue weighted by Gasteiger charge is -2.34. The maximum absolute atomic E-state index is 12.4. The average molecular weight is 336 g/mol. The molecule has 2 fully saturated rings. The Bertz CT molecular complexity index is 820. The van der Waals surface area contributed by atoms with Gasteiger partial charge < -0.3 is 0 Å². The van der Waals surface area contributed by atoms with Crippen molar-refractivity contribution in [3.8, 4) is 5.69 Å². The van der Waals surface area contributed by atoms with Gasteiger partial charge in [-0.25, -0.2) is 10.1 Å². The molecule has 1 heterocycles. The molecule has 0 saturated heterocycles. The zero-order chi connectivity index (χ0) is 17.7. The quantitative estimate of drug-likeness (QED) is 0.867. The first-order valence-electron chi connectivity index (χ1n) is 8.89. The van der Waals surface area contributed by atoms with E-state index in [0.29, 0.717) is 11.5 Å². The molecule has 2 aliphatic rings. The van der Waals surface area contributed by atoms with Crippen molar-refractivity contribution in [2.75, 3.05) is 0 Å². The molecule has 5 heteroatoms. The van der Waals surface area contributed by atoms with Crippen molar-refractivity contribution >= 4 is 11.6 Å². The predicted molar refractivity (Wildman–Crippen MR) is 97.7 cm³/mol. The van der Waals surface area contributed by atoms with Gasteiger partial charge in [-0.1, -0.05) is 20.8 Å². The standard InChI is InChI=1S/C20H24N4O/c1-19(2)15-9-10-20(19,3)17(13-15)22-23-18(25)14-5-7-16(8-6-14)24-12-4-11-21-24/h4-8,11-12,15H,9-10,13H2,1-3H3,(H,23,25)/b22-17+/t15-,20+/m1/s1. The number of rotatable bonds is 3. The molecule has 0 radical (unpaired) electrons. The lowest BCUT2D eigenvalue weighted by molar-refractivity contribution is 0.0954. The average Bonchev–Trinajstić information content (AvgIpc) is 3.26. The third-order valence-electron chi connectivity index (χ3n) is 6.70. The highest BCUT2D eigenvalue weighted by Crippen LogP contribution is 2.63. The molecule has 1 amide bonds. The SMILES string of the molecule is CC1(C)[C@@H]2CC[C@@]1(C)/C(=N/NC(=O)c1ccc(-n3cccn3)cc1)C2. The Kier molecular flexibility index (Phi) is 3.56. The Morgan fingerprint density at radius 2 is 2.04 bits per heavy atom. The number of hydrazone groups is 1. The minimum Gasteiger partial charge on any atom is -0.267 e. The highest BCUT2D eigenvalue weighted by atomic mass is 16.2. The largest absolute Gasteiger partial charge is 0.271 e. The lowest BCUT2D eigenvalue weighted by Crippen LogP contribution is -2.34. The van der Waals surface area contributed by atoms with Crippen LogP contribution in [0.1, 0.15) is 50.4 Å².